The van der Waals surface area contributed by atoms with Crippen LogP contribution in [-0.4, -0.2) is 22.0 Å². The number of hydrogen-bond donors (Lipinski definition) is 0. The summed E-state index contributed by atoms with van der Waals surface area (Å²) in [5.41, 5.74) is 6.77. The lowest BCUT2D eigenvalue weighted by molar-refractivity contribution is 0.260. The zero-order valence-electron chi connectivity index (χ0n) is 40.3. The fraction of sp³-hybridized carbons (Fsp3) is 0.741. The Hall–Kier alpha value is -1.000. The van der Waals surface area contributed by atoms with E-state index in [0.717, 1.165) is 59.3 Å². The first kappa shape index (κ1) is 54.6. The van der Waals surface area contributed by atoms with Crippen molar-refractivity contribution in [3.8, 4) is 32.4 Å². The molecule has 0 N–H and O–H groups in total. The van der Waals surface area contributed by atoms with Crippen LogP contribution in [0.5, 0.6) is 11.5 Å². The number of benzene rings is 1. The SMILES string of the molecule is CCCCCCCCCCCCCCOc1c(OCCCCCCCCCCCCCC)c(-c2cc(CCCCCC)c(Br)s2)c2nsnc2c1-c1cc(CCCCCC)c(Br)s1. The normalized spacial score (nSPS) is 11.7. The standard InChI is InChI=1S/C54H86Br2N2O2S3/c1-5-9-13-17-19-21-23-25-27-29-31-35-39-59-51-47(45-41-43(53(55)61-45)37-33-15-11-7-3)49-50(58-63-57-49)48(46-42-44(54(56)62-46)38-34-16-12-8-4)52(51)60-40-36-32-30-28-26-24-22-20-18-14-10-6-2/h41-42H,5-40H2,1-4H3. The molecule has 4 nitrogen and oxygen atoms in total. The van der Waals surface area contributed by atoms with E-state index in [1.54, 1.807) is 0 Å². The number of fused-ring (bicyclic) bond motifs is 1. The number of rotatable bonds is 40. The van der Waals surface area contributed by atoms with Crippen LogP contribution in [0.1, 0.15) is 244 Å². The van der Waals surface area contributed by atoms with Crippen molar-refractivity contribution in [2.24, 2.45) is 0 Å². The number of ether oxygens (including phenoxy) is 2. The first-order chi connectivity index (χ1) is 31.0. The Labute approximate surface area is 414 Å². The predicted octanol–water partition coefficient (Wildman–Crippen LogP) is 21.1. The van der Waals surface area contributed by atoms with E-state index >= 15 is 0 Å². The van der Waals surface area contributed by atoms with E-state index in [2.05, 4.69) is 71.7 Å². The van der Waals surface area contributed by atoms with Gasteiger partial charge in [-0.05, 0) is 93.6 Å². The number of hydrogen-bond acceptors (Lipinski definition) is 7. The third-order valence-corrected chi connectivity index (χ3v) is 17.2. The first-order valence-corrected chi connectivity index (χ1v) is 30.1. The van der Waals surface area contributed by atoms with Gasteiger partial charge in [-0.2, -0.15) is 8.75 Å². The van der Waals surface area contributed by atoms with Crippen molar-refractivity contribution in [3.63, 3.8) is 0 Å². The maximum Gasteiger partial charge on any atom is 0.172 e. The maximum atomic E-state index is 7.11. The van der Waals surface area contributed by atoms with Crippen LogP contribution in [0.2, 0.25) is 0 Å². The third-order valence-electron chi connectivity index (χ3n) is 12.7. The summed E-state index contributed by atoms with van der Waals surface area (Å²) >= 11 is 12.9. The Morgan fingerprint density at radius 3 is 1.00 bits per heavy atom. The molecule has 0 aliphatic rings. The number of aryl methyl sites for hydroxylation is 2. The topological polar surface area (TPSA) is 44.2 Å². The molecule has 4 rings (SSSR count). The molecule has 0 spiro atoms. The largest absolute Gasteiger partial charge is 0.489 e. The molecule has 0 atom stereocenters. The van der Waals surface area contributed by atoms with Gasteiger partial charge in [0, 0.05) is 9.75 Å². The van der Waals surface area contributed by atoms with Crippen molar-refractivity contribution in [2.45, 2.75) is 246 Å². The van der Waals surface area contributed by atoms with Gasteiger partial charge in [0.2, 0.25) is 0 Å². The van der Waals surface area contributed by atoms with Gasteiger partial charge in [0.15, 0.2) is 11.5 Å². The van der Waals surface area contributed by atoms with Crippen molar-refractivity contribution in [1.29, 1.82) is 0 Å². The molecule has 0 amide bonds. The van der Waals surface area contributed by atoms with Crippen LogP contribution >= 0.6 is 66.3 Å². The Balaban J connectivity index is 1.57. The summed E-state index contributed by atoms with van der Waals surface area (Å²) in [6.07, 6.45) is 44.0. The molecular formula is C54H86Br2N2O2S3. The Morgan fingerprint density at radius 1 is 0.397 bits per heavy atom. The van der Waals surface area contributed by atoms with Crippen LogP contribution in [0.15, 0.2) is 19.7 Å². The molecule has 63 heavy (non-hydrogen) atoms. The fourth-order valence-corrected chi connectivity index (χ4v) is 13.0. The number of aromatic nitrogens is 2. The number of thiophene rings is 2. The zero-order chi connectivity index (χ0) is 44.7. The molecule has 4 aromatic rings. The second kappa shape index (κ2) is 34.3. The van der Waals surface area contributed by atoms with Crippen LogP contribution in [0.3, 0.4) is 0 Å². The fourth-order valence-electron chi connectivity index (χ4n) is 8.81. The minimum Gasteiger partial charge on any atom is -0.489 e. The molecule has 1 aromatic carbocycles. The molecule has 0 saturated heterocycles. The van der Waals surface area contributed by atoms with Gasteiger partial charge < -0.3 is 9.47 Å². The molecule has 0 unspecified atom stereocenters. The monoisotopic (exact) mass is 1050 g/mol. The molecule has 356 valence electrons. The quantitative estimate of drug-likeness (QED) is 0.0417. The van der Waals surface area contributed by atoms with Gasteiger partial charge in [0.05, 0.1) is 43.6 Å². The maximum absolute atomic E-state index is 7.11. The van der Waals surface area contributed by atoms with Gasteiger partial charge in [0.25, 0.3) is 0 Å². The highest BCUT2D eigenvalue weighted by Crippen LogP contribution is 2.54. The summed E-state index contributed by atoms with van der Waals surface area (Å²) in [5.74, 6) is 1.74. The molecule has 3 heterocycles. The predicted molar refractivity (Wildman–Crippen MR) is 288 cm³/mol. The lowest BCUT2D eigenvalue weighted by Gasteiger charge is -2.20. The van der Waals surface area contributed by atoms with Crippen LogP contribution in [0.4, 0.5) is 0 Å². The number of unbranched alkanes of at least 4 members (excludes halogenated alkanes) is 28. The molecule has 0 bridgehead atoms. The van der Waals surface area contributed by atoms with Gasteiger partial charge in [-0.1, -0.05) is 207 Å². The van der Waals surface area contributed by atoms with Gasteiger partial charge in [-0.25, -0.2) is 0 Å². The minimum atomic E-state index is 0.676. The Morgan fingerprint density at radius 2 is 0.683 bits per heavy atom. The molecule has 0 aliphatic heterocycles. The van der Waals surface area contributed by atoms with E-state index in [4.69, 9.17) is 18.2 Å². The van der Waals surface area contributed by atoms with Crippen molar-refractivity contribution in [3.05, 3.63) is 30.8 Å². The summed E-state index contributed by atoms with van der Waals surface area (Å²) in [7, 11) is 0. The van der Waals surface area contributed by atoms with E-state index in [1.807, 2.05) is 22.7 Å². The summed E-state index contributed by atoms with van der Waals surface area (Å²) in [6, 6.07) is 4.80. The second-order valence-corrected chi connectivity index (χ2v) is 23.6. The highest BCUT2D eigenvalue weighted by atomic mass is 79.9. The van der Waals surface area contributed by atoms with Crippen LogP contribution < -0.4 is 9.47 Å². The second-order valence-electron chi connectivity index (χ2n) is 18.3. The molecule has 0 saturated carbocycles. The first-order valence-electron chi connectivity index (χ1n) is 26.2. The zero-order valence-corrected chi connectivity index (χ0v) is 45.9. The van der Waals surface area contributed by atoms with Gasteiger partial charge in [0.1, 0.15) is 11.0 Å². The highest BCUT2D eigenvalue weighted by molar-refractivity contribution is 9.11. The minimum absolute atomic E-state index is 0.676. The van der Waals surface area contributed by atoms with Gasteiger partial charge in [-0.3, -0.25) is 0 Å². The van der Waals surface area contributed by atoms with E-state index in [9.17, 15) is 0 Å². The van der Waals surface area contributed by atoms with Crippen LogP contribution in [0, 0.1) is 0 Å². The molecule has 0 fully saturated rings. The van der Waals surface area contributed by atoms with Crippen LogP contribution in [0.25, 0.3) is 31.9 Å². The Kier molecular flexibility index (Phi) is 29.7. The molecule has 0 radical (unpaired) electrons. The lowest BCUT2D eigenvalue weighted by Crippen LogP contribution is -2.06. The highest BCUT2D eigenvalue weighted by Gasteiger charge is 2.30. The molecule has 9 heteroatoms. The lowest BCUT2D eigenvalue weighted by atomic mass is 10.0. The Bertz CT molecular complexity index is 1640. The summed E-state index contributed by atoms with van der Waals surface area (Å²) in [6.45, 7) is 10.5. The summed E-state index contributed by atoms with van der Waals surface area (Å²) in [4.78, 5) is 2.39. The third kappa shape index (κ3) is 20.0. The molecular weight excluding hydrogens is 965 g/mol. The van der Waals surface area contributed by atoms with Crippen molar-refractivity contribution < 1.29 is 9.47 Å². The number of nitrogens with zero attached hydrogens (tertiary/aromatic N) is 2. The average Bonchev–Trinajstić information content (AvgIpc) is 4.02. The number of halogens is 2. The summed E-state index contributed by atoms with van der Waals surface area (Å²) < 4.78 is 26.8. The van der Waals surface area contributed by atoms with Crippen molar-refractivity contribution >= 4 is 77.3 Å². The molecule has 0 aliphatic carbocycles. The van der Waals surface area contributed by atoms with E-state index in [0.29, 0.717) is 13.2 Å². The average molecular weight is 1050 g/mol. The van der Waals surface area contributed by atoms with E-state index in [-0.39, 0.29) is 0 Å². The van der Waals surface area contributed by atoms with Crippen molar-refractivity contribution in [1.82, 2.24) is 8.75 Å². The van der Waals surface area contributed by atoms with E-state index < -0.39 is 0 Å². The smallest absolute Gasteiger partial charge is 0.172 e. The molecule has 3 aromatic heterocycles. The van der Waals surface area contributed by atoms with E-state index in [1.165, 1.54) is 233 Å². The summed E-state index contributed by atoms with van der Waals surface area (Å²) in [5, 5.41) is 0. The van der Waals surface area contributed by atoms with Crippen LogP contribution in [-0.2, 0) is 12.8 Å². The van der Waals surface area contributed by atoms with Gasteiger partial charge in [-0.15, -0.1) is 22.7 Å². The van der Waals surface area contributed by atoms with Gasteiger partial charge >= 0.3 is 0 Å². The van der Waals surface area contributed by atoms with Crippen molar-refractivity contribution in [2.75, 3.05) is 13.2 Å².